The van der Waals surface area contributed by atoms with Crippen LogP contribution in [0.5, 0.6) is 11.5 Å². The molecule has 0 unspecified atom stereocenters. The van der Waals surface area contributed by atoms with Gasteiger partial charge in [0, 0.05) is 16.5 Å². The fourth-order valence-corrected chi connectivity index (χ4v) is 2.56. The minimum Gasteiger partial charge on any atom is -0.456 e. The molecule has 0 N–H and O–H groups in total. The van der Waals surface area contributed by atoms with Gasteiger partial charge in [0.15, 0.2) is 0 Å². The van der Waals surface area contributed by atoms with Crippen molar-refractivity contribution in [1.29, 1.82) is 0 Å². The summed E-state index contributed by atoms with van der Waals surface area (Å²) in [7, 11) is 0. The molecule has 2 aromatic carbocycles. The van der Waals surface area contributed by atoms with Crippen LogP contribution in [-0.4, -0.2) is 4.92 Å². The van der Waals surface area contributed by atoms with Gasteiger partial charge in [-0.2, -0.15) is 0 Å². The quantitative estimate of drug-likeness (QED) is 0.439. The molecule has 2 rings (SSSR count). The van der Waals surface area contributed by atoms with E-state index in [1.165, 1.54) is 18.2 Å². The van der Waals surface area contributed by atoms with Crippen LogP contribution in [0, 0.1) is 29.8 Å². The highest BCUT2D eigenvalue weighted by molar-refractivity contribution is 9.08. The van der Waals surface area contributed by atoms with Gasteiger partial charge in [0.1, 0.15) is 17.3 Å². The van der Waals surface area contributed by atoms with E-state index in [2.05, 4.69) is 15.9 Å². The van der Waals surface area contributed by atoms with Crippen molar-refractivity contribution in [2.45, 2.75) is 19.2 Å². The van der Waals surface area contributed by atoms with E-state index < -0.39 is 4.92 Å². The van der Waals surface area contributed by atoms with Gasteiger partial charge in [-0.15, -0.1) is 0 Å². The van der Waals surface area contributed by atoms with Crippen LogP contribution in [0.15, 0.2) is 30.3 Å². The molecule has 0 saturated heterocycles. The third kappa shape index (κ3) is 3.21. The monoisotopic (exact) mass is 353 g/mol. The summed E-state index contributed by atoms with van der Waals surface area (Å²) in [6.45, 7) is 3.46. The lowest BCUT2D eigenvalue weighted by molar-refractivity contribution is -0.385. The van der Waals surface area contributed by atoms with Crippen LogP contribution in [0.2, 0.25) is 0 Å². The van der Waals surface area contributed by atoms with Gasteiger partial charge in [0.2, 0.25) is 0 Å². The van der Waals surface area contributed by atoms with E-state index in [0.717, 1.165) is 5.56 Å². The molecule has 0 amide bonds. The summed E-state index contributed by atoms with van der Waals surface area (Å²) >= 11 is 3.21. The molecule has 0 aliphatic carbocycles. The lowest BCUT2D eigenvalue weighted by Gasteiger charge is -2.13. The minimum absolute atomic E-state index is 0.0209. The Balaban J connectivity index is 2.47. The molecule has 0 aliphatic heterocycles. The molecule has 0 heterocycles. The van der Waals surface area contributed by atoms with Crippen molar-refractivity contribution in [3.8, 4) is 11.5 Å². The Morgan fingerprint density at radius 3 is 2.57 bits per heavy atom. The molecular weight excluding hydrogens is 341 g/mol. The molecule has 0 fully saturated rings. The van der Waals surface area contributed by atoms with Gasteiger partial charge in [-0.3, -0.25) is 10.1 Å². The summed E-state index contributed by atoms with van der Waals surface area (Å²) in [5.41, 5.74) is 1.67. The van der Waals surface area contributed by atoms with Crippen LogP contribution in [-0.2, 0) is 5.33 Å². The van der Waals surface area contributed by atoms with Crippen LogP contribution < -0.4 is 4.74 Å². The number of aryl methyl sites for hydroxylation is 2. The highest BCUT2D eigenvalue weighted by Crippen LogP contribution is 2.34. The smallest absolute Gasteiger partial charge is 0.276 e. The first-order valence-corrected chi connectivity index (χ1v) is 7.33. The molecule has 21 heavy (non-hydrogen) atoms. The van der Waals surface area contributed by atoms with E-state index in [4.69, 9.17) is 4.74 Å². The molecule has 0 saturated carbocycles. The second-order valence-corrected chi connectivity index (χ2v) is 5.17. The number of rotatable bonds is 4. The van der Waals surface area contributed by atoms with Crippen molar-refractivity contribution in [2.75, 3.05) is 0 Å². The van der Waals surface area contributed by atoms with E-state index in [1.54, 1.807) is 26.0 Å². The van der Waals surface area contributed by atoms with E-state index >= 15 is 0 Å². The van der Waals surface area contributed by atoms with E-state index in [-0.39, 0.29) is 11.5 Å². The summed E-state index contributed by atoms with van der Waals surface area (Å²) in [5, 5.41) is 11.3. The standard InChI is InChI=1S/C15H13BrFNO3/c1-9-6-10(2)15(7-13(9)18(19)20)21-14-5-3-4-12(17)11(14)8-16/h3-7H,8H2,1-2H3. The van der Waals surface area contributed by atoms with Crippen LogP contribution in [0.1, 0.15) is 16.7 Å². The van der Waals surface area contributed by atoms with Gasteiger partial charge in [-0.05, 0) is 37.6 Å². The van der Waals surface area contributed by atoms with Crippen LogP contribution in [0.25, 0.3) is 0 Å². The first-order valence-electron chi connectivity index (χ1n) is 6.21. The maximum atomic E-state index is 13.7. The van der Waals surface area contributed by atoms with Gasteiger partial charge in [0.25, 0.3) is 5.69 Å². The van der Waals surface area contributed by atoms with Gasteiger partial charge in [-0.25, -0.2) is 4.39 Å². The number of hydrogen-bond acceptors (Lipinski definition) is 3. The van der Waals surface area contributed by atoms with Crippen LogP contribution >= 0.6 is 15.9 Å². The van der Waals surface area contributed by atoms with E-state index in [9.17, 15) is 14.5 Å². The van der Waals surface area contributed by atoms with Gasteiger partial charge < -0.3 is 4.74 Å². The summed E-state index contributed by atoms with van der Waals surface area (Å²) < 4.78 is 19.4. The number of halogens is 2. The normalized spacial score (nSPS) is 10.5. The first-order chi connectivity index (χ1) is 9.93. The molecule has 0 aliphatic rings. The predicted octanol–water partition coefficient (Wildman–Crippen LogP) is 5.04. The first kappa shape index (κ1) is 15.4. The molecule has 0 bridgehead atoms. The van der Waals surface area contributed by atoms with Crippen molar-refractivity contribution in [3.05, 3.63) is 63.0 Å². The van der Waals surface area contributed by atoms with Gasteiger partial charge in [-0.1, -0.05) is 22.0 Å². The Morgan fingerprint density at radius 2 is 1.95 bits per heavy atom. The van der Waals surface area contributed by atoms with Gasteiger partial charge >= 0.3 is 0 Å². The van der Waals surface area contributed by atoms with Crippen molar-refractivity contribution in [2.24, 2.45) is 0 Å². The fraction of sp³-hybridized carbons (Fsp3) is 0.200. The molecule has 4 nitrogen and oxygen atoms in total. The number of nitro groups is 1. The molecule has 110 valence electrons. The second-order valence-electron chi connectivity index (χ2n) is 4.61. The fourth-order valence-electron chi connectivity index (χ4n) is 2.01. The summed E-state index contributed by atoms with van der Waals surface area (Å²) in [4.78, 5) is 10.5. The zero-order chi connectivity index (χ0) is 15.6. The number of nitrogens with zero attached hydrogens (tertiary/aromatic N) is 1. The van der Waals surface area contributed by atoms with Gasteiger partial charge in [0.05, 0.1) is 11.0 Å². The van der Waals surface area contributed by atoms with E-state index in [1.807, 2.05) is 0 Å². The van der Waals surface area contributed by atoms with Crippen molar-refractivity contribution < 1.29 is 14.1 Å². The molecular formula is C15H13BrFNO3. The zero-order valence-corrected chi connectivity index (χ0v) is 13.1. The number of ether oxygens (including phenoxy) is 1. The largest absolute Gasteiger partial charge is 0.456 e. The SMILES string of the molecule is Cc1cc(C)c([N+](=O)[O-])cc1Oc1cccc(F)c1CBr. The molecule has 0 aromatic heterocycles. The molecule has 6 heteroatoms. The topological polar surface area (TPSA) is 52.4 Å². The molecule has 0 spiro atoms. The molecule has 2 aromatic rings. The van der Waals surface area contributed by atoms with Crippen LogP contribution in [0.3, 0.4) is 0 Å². The maximum Gasteiger partial charge on any atom is 0.276 e. The number of alkyl halides is 1. The summed E-state index contributed by atoms with van der Waals surface area (Å²) in [5.74, 6) is 0.303. The maximum absolute atomic E-state index is 13.7. The van der Waals surface area contributed by atoms with Crippen molar-refractivity contribution in [3.63, 3.8) is 0 Å². The Kier molecular flexibility index (Phi) is 4.57. The lowest BCUT2D eigenvalue weighted by atomic mass is 10.1. The number of nitro benzene ring substituents is 1. The Hall–Kier alpha value is -1.95. The Bertz CT molecular complexity index is 704. The summed E-state index contributed by atoms with van der Waals surface area (Å²) in [6.07, 6.45) is 0. The minimum atomic E-state index is -0.460. The number of hydrogen-bond donors (Lipinski definition) is 0. The van der Waals surface area contributed by atoms with Crippen LogP contribution in [0.4, 0.5) is 10.1 Å². The van der Waals surface area contributed by atoms with Crippen molar-refractivity contribution >= 4 is 21.6 Å². The lowest BCUT2D eigenvalue weighted by Crippen LogP contribution is -1.97. The highest BCUT2D eigenvalue weighted by Gasteiger charge is 2.16. The third-order valence-corrected chi connectivity index (χ3v) is 3.68. The second kappa shape index (κ2) is 6.22. The average Bonchev–Trinajstić information content (AvgIpc) is 2.41. The van der Waals surface area contributed by atoms with E-state index in [0.29, 0.717) is 28.0 Å². The molecule has 0 radical (unpaired) electrons. The predicted molar refractivity (Wildman–Crippen MR) is 81.7 cm³/mol. The van der Waals surface area contributed by atoms with Crippen molar-refractivity contribution in [1.82, 2.24) is 0 Å². The average molecular weight is 354 g/mol. The summed E-state index contributed by atoms with van der Waals surface area (Å²) in [6, 6.07) is 7.56. The number of benzene rings is 2. The third-order valence-electron chi connectivity index (χ3n) is 3.12. The highest BCUT2D eigenvalue weighted by atomic mass is 79.9. The Labute approximate surface area is 129 Å². The Morgan fingerprint density at radius 1 is 1.24 bits per heavy atom. The zero-order valence-electron chi connectivity index (χ0n) is 11.5. The molecule has 0 atom stereocenters.